The first-order chi connectivity index (χ1) is 9.72. The van der Waals surface area contributed by atoms with Crippen molar-refractivity contribution < 1.29 is 22.6 Å². The van der Waals surface area contributed by atoms with Gasteiger partial charge in [0.2, 0.25) is 0 Å². The first kappa shape index (κ1) is 15.5. The van der Waals surface area contributed by atoms with E-state index in [1.165, 1.54) is 27.2 Å². The van der Waals surface area contributed by atoms with E-state index in [1.807, 2.05) is 0 Å². The molecule has 0 saturated heterocycles. The number of hydrogen-bond acceptors (Lipinski definition) is 4. The molecule has 2 rings (SSSR count). The Morgan fingerprint density at radius 1 is 1.24 bits per heavy atom. The van der Waals surface area contributed by atoms with Gasteiger partial charge in [-0.05, 0) is 6.92 Å². The van der Waals surface area contributed by atoms with Crippen LogP contribution in [0.1, 0.15) is 11.3 Å². The quantitative estimate of drug-likeness (QED) is 0.914. The standard InChI is InChI=1S/C13H12ClF3N2O2/c1-5-9(18)8-10(19-12(5)13(15,16)17)7(20-2)4-6(14)11(8)21-3/h4H,1-3H3,(H2,18,19). The number of anilines is 1. The Hall–Kier alpha value is -1.89. The van der Waals surface area contributed by atoms with Crippen LogP contribution in [-0.4, -0.2) is 19.2 Å². The third-order valence-electron chi connectivity index (χ3n) is 3.12. The summed E-state index contributed by atoms with van der Waals surface area (Å²) in [5.41, 5.74) is 4.47. The molecular formula is C13H12ClF3N2O2. The molecule has 0 saturated carbocycles. The van der Waals surface area contributed by atoms with E-state index in [2.05, 4.69) is 4.98 Å². The number of alkyl halides is 3. The van der Waals surface area contributed by atoms with Crippen LogP contribution in [0, 0.1) is 6.92 Å². The second-order valence-corrected chi connectivity index (χ2v) is 4.72. The number of hydrogen-bond donors (Lipinski definition) is 1. The van der Waals surface area contributed by atoms with Crippen LogP contribution in [0.4, 0.5) is 18.9 Å². The summed E-state index contributed by atoms with van der Waals surface area (Å²) in [6.45, 7) is 1.25. The highest BCUT2D eigenvalue weighted by Gasteiger charge is 2.36. The minimum atomic E-state index is -4.62. The number of ether oxygens (including phenoxy) is 2. The van der Waals surface area contributed by atoms with Crippen molar-refractivity contribution in [1.82, 2.24) is 4.98 Å². The number of nitrogens with two attached hydrogens (primary N) is 1. The highest BCUT2D eigenvalue weighted by molar-refractivity contribution is 6.34. The van der Waals surface area contributed by atoms with Gasteiger partial charge in [-0.2, -0.15) is 13.2 Å². The van der Waals surface area contributed by atoms with Crippen LogP contribution >= 0.6 is 11.6 Å². The van der Waals surface area contributed by atoms with Gasteiger partial charge in [-0.1, -0.05) is 11.6 Å². The number of nitrogen functional groups attached to an aromatic ring is 1. The number of halogens is 4. The fraction of sp³-hybridized carbons (Fsp3) is 0.308. The highest BCUT2D eigenvalue weighted by atomic mass is 35.5. The summed E-state index contributed by atoms with van der Waals surface area (Å²) >= 11 is 6.03. The zero-order valence-corrected chi connectivity index (χ0v) is 12.2. The van der Waals surface area contributed by atoms with Crippen LogP contribution in [0.25, 0.3) is 10.9 Å². The zero-order chi connectivity index (χ0) is 15.9. The monoisotopic (exact) mass is 320 g/mol. The van der Waals surface area contributed by atoms with E-state index >= 15 is 0 Å². The Kier molecular flexibility index (Phi) is 3.79. The van der Waals surface area contributed by atoms with Crippen molar-refractivity contribution in [3.8, 4) is 11.5 Å². The van der Waals surface area contributed by atoms with Crippen molar-refractivity contribution in [3.05, 3.63) is 22.3 Å². The van der Waals surface area contributed by atoms with Crippen LogP contribution in [0.15, 0.2) is 6.07 Å². The summed E-state index contributed by atoms with van der Waals surface area (Å²) in [7, 11) is 2.65. The zero-order valence-electron chi connectivity index (χ0n) is 11.4. The molecule has 114 valence electrons. The van der Waals surface area contributed by atoms with Gasteiger partial charge in [0.25, 0.3) is 0 Å². The number of fused-ring (bicyclic) bond motifs is 1. The molecule has 0 aliphatic heterocycles. The third kappa shape index (κ3) is 2.42. The lowest BCUT2D eigenvalue weighted by Crippen LogP contribution is -2.13. The van der Waals surface area contributed by atoms with E-state index in [4.69, 9.17) is 26.8 Å². The van der Waals surface area contributed by atoms with E-state index in [0.29, 0.717) is 0 Å². The van der Waals surface area contributed by atoms with Crippen molar-refractivity contribution in [2.75, 3.05) is 20.0 Å². The van der Waals surface area contributed by atoms with Gasteiger partial charge in [0.15, 0.2) is 0 Å². The molecule has 0 atom stereocenters. The number of pyridine rings is 1. The van der Waals surface area contributed by atoms with Crippen LogP contribution in [0.3, 0.4) is 0 Å². The van der Waals surface area contributed by atoms with Gasteiger partial charge in [0, 0.05) is 11.6 Å². The van der Waals surface area contributed by atoms with Gasteiger partial charge >= 0.3 is 6.18 Å². The van der Waals surface area contributed by atoms with Crippen molar-refractivity contribution in [2.45, 2.75) is 13.1 Å². The molecule has 1 heterocycles. The predicted octanol–water partition coefficient (Wildman–Crippen LogP) is 3.81. The van der Waals surface area contributed by atoms with Gasteiger partial charge in [-0.25, -0.2) is 4.98 Å². The van der Waals surface area contributed by atoms with Crippen molar-refractivity contribution in [2.24, 2.45) is 0 Å². The van der Waals surface area contributed by atoms with Crippen LogP contribution in [0.2, 0.25) is 5.02 Å². The Bertz CT molecular complexity index is 717. The summed E-state index contributed by atoms with van der Waals surface area (Å²) < 4.78 is 49.3. The molecule has 4 nitrogen and oxygen atoms in total. The van der Waals surface area contributed by atoms with Crippen LogP contribution < -0.4 is 15.2 Å². The molecule has 8 heteroatoms. The topological polar surface area (TPSA) is 57.4 Å². The van der Waals surface area contributed by atoms with Crippen molar-refractivity contribution >= 4 is 28.2 Å². The normalized spacial score (nSPS) is 11.8. The summed E-state index contributed by atoms with van der Waals surface area (Å²) in [6.07, 6.45) is -4.62. The lowest BCUT2D eigenvalue weighted by Gasteiger charge is -2.17. The molecule has 1 aromatic carbocycles. The first-order valence-corrected chi connectivity index (χ1v) is 6.17. The van der Waals surface area contributed by atoms with Gasteiger partial charge in [-0.3, -0.25) is 0 Å². The minimum Gasteiger partial charge on any atom is -0.494 e. The summed E-state index contributed by atoms with van der Waals surface area (Å²) in [4.78, 5) is 3.66. The first-order valence-electron chi connectivity index (χ1n) is 5.79. The maximum absolute atomic E-state index is 13.0. The van der Waals surface area contributed by atoms with E-state index in [1.54, 1.807) is 0 Å². The van der Waals surface area contributed by atoms with Gasteiger partial charge in [-0.15, -0.1) is 0 Å². The smallest absolute Gasteiger partial charge is 0.433 e. The Balaban J connectivity index is 3.02. The molecule has 2 N–H and O–H groups in total. The fourth-order valence-electron chi connectivity index (χ4n) is 2.10. The second-order valence-electron chi connectivity index (χ2n) is 4.31. The number of methoxy groups -OCH3 is 2. The fourth-order valence-corrected chi connectivity index (χ4v) is 2.37. The average Bonchev–Trinajstić information content (AvgIpc) is 2.40. The Morgan fingerprint density at radius 3 is 2.33 bits per heavy atom. The molecule has 21 heavy (non-hydrogen) atoms. The average molecular weight is 321 g/mol. The van der Waals surface area contributed by atoms with Crippen LogP contribution in [0.5, 0.6) is 11.5 Å². The minimum absolute atomic E-state index is 0.0471. The Morgan fingerprint density at radius 2 is 1.86 bits per heavy atom. The molecule has 2 aromatic rings. The predicted molar refractivity (Wildman–Crippen MR) is 74.0 cm³/mol. The second kappa shape index (κ2) is 5.14. The summed E-state index contributed by atoms with van der Waals surface area (Å²) in [5, 5.41) is 0.377. The van der Waals surface area contributed by atoms with Gasteiger partial charge < -0.3 is 15.2 Å². The lowest BCUT2D eigenvalue weighted by atomic mass is 10.1. The summed E-state index contributed by atoms with van der Waals surface area (Å²) in [5.74, 6) is 0.252. The molecule has 0 aliphatic carbocycles. The number of aromatic nitrogens is 1. The van der Waals surface area contributed by atoms with Gasteiger partial charge in [0.05, 0.1) is 30.3 Å². The molecular weight excluding hydrogens is 309 g/mol. The van der Waals surface area contributed by atoms with E-state index in [9.17, 15) is 13.2 Å². The maximum atomic E-state index is 13.0. The molecule has 0 fully saturated rings. The van der Waals surface area contributed by atoms with Crippen LogP contribution in [-0.2, 0) is 6.18 Å². The van der Waals surface area contributed by atoms with Gasteiger partial charge in [0.1, 0.15) is 22.7 Å². The third-order valence-corrected chi connectivity index (χ3v) is 3.40. The molecule has 1 aromatic heterocycles. The Labute approximate surface area is 123 Å². The number of benzene rings is 1. The SMILES string of the molecule is COc1cc(Cl)c(OC)c2c(N)c(C)c(C(F)(F)F)nc12. The van der Waals surface area contributed by atoms with E-state index in [-0.39, 0.29) is 38.7 Å². The summed E-state index contributed by atoms with van der Waals surface area (Å²) in [6, 6.07) is 1.34. The number of nitrogens with zero attached hydrogens (tertiary/aromatic N) is 1. The van der Waals surface area contributed by atoms with Crippen molar-refractivity contribution in [1.29, 1.82) is 0 Å². The highest BCUT2D eigenvalue weighted by Crippen LogP contribution is 2.45. The molecule has 0 amide bonds. The van der Waals surface area contributed by atoms with E-state index in [0.717, 1.165) is 0 Å². The molecule has 0 aliphatic rings. The van der Waals surface area contributed by atoms with Crippen molar-refractivity contribution in [3.63, 3.8) is 0 Å². The largest absolute Gasteiger partial charge is 0.494 e. The molecule has 0 bridgehead atoms. The lowest BCUT2D eigenvalue weighted by molar-refractivity contribution is -0.141. The number of rotatable bonds is 2. The molecule has 0 unspecified atom stereocenters. The molecule has 0 spiro atoms. The van der Waals surface area contributed by atoms with E-state index < -0.39 is 11.9 Å². The maximum Gasteiger partial charge on any atom is 0.433 e. The molecule has 0 radical (unpaired) electrons.